The van der Waals surface area contributed by atoms with Crippen molar-refractivity contribution in [2.45, 2.75) is 39.2 Å². The van der Waals surface area contributed by atoms with Crippen molar-refractivity contribution >= 4 is 23.4 Å². The minimum atomic E-state index is -0.00884. The van der Waals surface area contributed by atoms with Crippen molar-refractivity contribution in [1.29, 1.82) is 0 Å². The average Bonchev–Trinajstić information content (AvgIpc) is 2.49. The molecule has 0 bridgehead atoms. The molecule has 2 rings (SSSR count). The minimum Gasteiger partial charge on any atom is -0.352 e. The number of piperidine rings is 1. The van der Waals surface area contributed by atoms with Gasteiger partial charge in [0.2, 0.25) is 5.91 Å². The molecule has 1 aromatic carbocycles. The number of amides is 2. The van der Waals surface area contributed by atoms with E-state index in [4.69, 9.17) is 11.6 Å². The smallest absolute Gasteiger partial charge is 0.254 e. The molecular weight excluding hydrogens is 288 g/mol. The molecule has 1 aromatic rings. The van der Waals surface area contributed by atoms with Gasteiger partial charge in [-0.15, -0.1) is 0 Å². The van der Waals surface area contributed by atoms with Gasteiger partial charge in [-0.05, 0) is 37.5 Å². The van der Waals surface area contributed by atoms with Gasteiger partial charge in [0, 0.05) is 36.1 Å². The highest BCUT2D eigenvalue weighted by Gasteiger charge is 2.26. The van der Waals surface area contributed by atoms with Crippen molar-refractivity contribution in [3.05, 3.63) is 34.3 Å². The lowest BCUT2D eigenvalue weighted by Crippen LogP contribution is -2.49. The molecule has 0 saturated carbocycles. The molecule has 0 aromatic heterocycles. The first kappa shape index (κ1) is 15.8. The quantitative estimate of drug-likeness (QED) is 0.933. The Kier molecular flexibility index (Phi) is 5.23. The van der Waals surface area contributed by atoms with Gasteiger partial charge < -0.3 is 10.2 Å². The van der Waals surface area contributed by atoms with Gasteiger partial charge in [0.15, 0.2) is 0 Å². The van der Waals surface area contributed by atoms with Crippen LogP contribution in [-0.4, -0.2) is 35.8 Å². The zero-order valence-corrected chi connectivity index (χ0v) is 13.2. The maximum atomic E-state index is 12.6. The predicted molar refractivity (Wildman–Crippen MR) is 83.5 cm³/mol. The van der Waals surface area contributed by atoms with E-state index in [2.05, 4.69) is 5.32 Å². The third kappa shape index (κ3) is 3.76. The normalized spacial score (nSPS) is 18.4. The maximum absolute atomic E-state index is 12.6. The number of rotatable bonds is 3. The minimum absolute atomic E-state index is 0.00884. The molecule has 1 aliphatic rings. The fourth-order valence-corrected chi connectivity index (χ4v) is 2.79. The van der Waals surface area contributed by atoms with Gasteiger partial charge in [-0.25, -0.2) is 0 Å². The van der Waals surface area contributed by atoms with Gasteiger partial charge in [-0.3, -0.25) is 9.59 Å². The van der Waals surface area contributed by atoms with Crippen LogP contribution >= 0.6 is 11.6 Å². The molecule has 1 aliphatic heterocycles. The second kappa shape index (κ2) is 6.94. The zero-order valence-electron chi connectivity index (χ0n) is 12.5. The summed E-state index contributed by atoms with van der Waals surface area (Å²) in [5.41, 5.74) is 1.45. The highest BCUT2D eigenvalue weighted by molar-refractivity contribution is 6.31. The van der Waals surface area contributed by atoms with Crippen LogP contribution < -0.4 is 5.32 Å². The van der Waals surface area contributed by atoms with Gasteiger partial charge in [-0.1, -0.05) is 24.6 Å². The number of halogens is 1. The monoisotopic (exact) mass is 308 g/mol. The summed E-state index contributed by atoms with van der Waals surface area (Å²) in [7, 11) is 0. The van der Waals surface area contributed by atoms with Crippen LogP contribution in [0, 0.1) is 6.92 Å². The zero-order chi connectivity index (χ0) is 15.4. The number of hydrogen-bond acceptors (Lipinski definition) is 2. The molecule has 5 heteroatoms. The third-order valence-corrected chi connectivity index (χ3v) is 4.30. The van der Waals surface area contributed by atoms with Crippen LogP contribution in [0.3, 0.4) is 0 Å². The molecule has 1 heterocycles. The average molecular weight is 309 g/mol. The number of nitrogens with zero attached hydrogens (tertiary/aromatic N) is 1. The van der Waals surface area contributed by atoms with E-state index in [-0.39, 0.29) is 17.9 Å². The highest BCUT2D eigenvalue weighted by atomic mass is 35.5. The molecule has 114 valence electrons. The standard InChI is InChI=1S/C16H21ClN2O2/c1-3-15(20)18-12-6-5-9-19(10-12)16(21)13-7-4-8-14(17)11(13)2/h4,7-8,12H,3,5-6,9-10H2,1-2H3,(H,18,20)/t12-/m0/s1. The largest absolute Gasteiger partial charge is 0.352 e. The molecule has 0 unspecified atom stereocenters. The molecule has 21 heavy (non-hydrogen) atoms. The SMILES string of the molecule is CCC(=O)N[C@H]1CCCN(C(=O)c2cccc(Cl)c2C)C1. The summed E-state index contributed by atoms with van der Waals surface area (Å²) < 4.78 is 0. The Labute approximate surface area is 130 Å². The number of carbonyl (C=O) groups excluding carboxylic acids is 2. The Bertz CT molecular complexity index is 545. The maximum Gasteiger partial charge on any atom is 0.254 e. The van der Waals surface area contributed by atoms with Crippen LogP contribution in [-0.2, 0) is 4.79 Å². The molecule has 0 aliphatic carbocycles. The second-order valence-electron chi connectivity index (χ2n) is 5.42. The van der Waals surface area contributed by atoms with Crippen LogP contribution in [0.4, 0.5) is 0 Å². The van der Waals surface area contributed by atoms with Crippen molar-refractivity contribution in [3.8, 4) is 0 Å². The lowest BCUT2D eigenvalue weighted by molar-refractivity contribution is -0.121. The van der Waals surface area contributed by atoms with Crippen LogP contribution in [0.2, 0.25) is 5.02 Å². The van der Waals surface area contributed by atoms with Crippen LogP contribution in [0.5, 0.6) is 0 Å². The molecule has 1 N–H and O–H groups in total. The Morgan fingerprint density at radius 2 is 2.19 bits per heavy atom. The fraction of sp³-hybridized carbons (Fsp3) is 0.500. The Morgan fingerprint density at radius 1 is 1.43 bits per heavy atom. The summed E-state index contributed by atoms with van der Waals surface area (Å²) in [5, 5.41) is 3.58. The third-order valence-electron chi connectivity index (χ3n) is 3.89. The number of carbonyl (C=O) groups is 2. The Hall–Kier alpha value is -1.55. The number of nitrogens with one attached hydrogen (secondary N) is 1. The van der Waals surface area contributed by atoms with E-state index in [9.17, 15) is 9.59 Å². The van der Waals surface area contributed by atoms with Crippen molar-refractivity contribution in [3.63, 3.8) is 0 Å². The first-order chi connectivity index (χ1) is 10.0. The molecule has 1 saturated heterocycles. The summed E-state index contributed by atoms with van der Waals surface area (Å²) in [5.74, 6) is 0.0266. The van der Waals surface area contributed by atoms with Gasteiger partial charge in [-0.2, -0.15) is 0 Å². The first-order valence-corrected chi connectivity index (χ1v) is 7.74. The van der Waals surface area contributed by atoms with Crippen molar-refractivity contribution < 1.29 is 9.59 Å². The fourth-order valence-electron chi connectivity index (χ4n) is 2.62. The van der Waals surface area contributed by atoms with Crippen molar-refractivity contribution in [2.24, 2.45) is 0 Å². The van der Waals surface area contributed by atoms with Gasteiger partial charge >= 0.3 is 0 Å². The number of hydrogen-bond donors (Lipinski definition) is 1. The Balaban J connectivity index is 2.08. The Morgan fingerprint density at radius 3 is 2.90 bits per heavy atom. The van der Waals surface area contributed by atoms with Crippen molar-refractivity contribution in [1.82, 2.24) is 10.2 Å². The van der Waals surface area contributed by atoms with Crippen LogP contribution in [0.25, 0.3) is 0 Å². The second-order valence-corrected chi connectivity index (χ2v) is 5.83. The summed E-state index contributed by atoms with van der Waals surface area (Å²) >= 11 is 6.09. The summed E-state index contributed by atoms with van der Waals surface area (Å²) in [6.45, 7) is 4.98. The lowest BCUT2D eigenvalue weighted by atomic mass is 10.0. The van der Waals surface area contributed by atoms with Gasteiger partial charge in [0.1, 0.15) is 0 Å². The molecule has 2 amide bonds. The molecule has 1 atom stereocenters. The van der Waals surface area contributed by atoms with E-state index in [1.54, 1.807) is 18.2 Å². The molecule has 0 radical (unpaired) electrons. The number of benzene rings is 1. The topological polar surface area (TPSA) is 49.4 Å². The van der Waals surface area contributed by atoms with E-state index in [0.717, 1.165) is 24.9 Å². The first-order valence-electron chi connectivity index (χ1n) is 7.36. The molecular formula is C16H21ClN2O2. The van der Waals surface area contributed by atoms with E-state index in [0.29, 0.717) is 23.6 Å². The van der Waals surface area contributed by atoms with Crippen LogP contribution in [0.1, 0.15) is 42.1 Å². The summed E-state index contributed by atoms with van der Waals surface area (Å²) in [6, 6.07) is 5.43. The van der Waals surface area contributed by atoms with E-state index < -0.39 is 0 Å². The molecule has 1 fully saturated rings. The van der Waals surface area contributed by atoms with Gasteiger partial charge in [0.05, 0.1) is 0 Å². The number of likely N-dealkylation sites (tertiary alicyclic amines) is 1. The summed E-state index contributed by atoms with van der Waals surface area (Å²) in [4.78, 5) is 25.9. The van der Waals surface area contributed by atoms with Gasteiger partial charge in [0.25, 0.3) is 5.91 Å². The molecule has 4 nitrogen and oxygen atoms in total. The summed E-state index contributed by atoms with van der Waals surface area (Å²) in [6.07, 6.45) is 2.29. The van der Waals surface area contributed by atoms with Crippen molar-refractivity contribution in [2.75, 3.05) is 13.1 Å². The van der Waals surface area contributed by atoms with E-state index >= 15 is 0 Å². The highest BCUT2D eigenvalue weighted by Crippen LogP contribution is 2.21. The van der Waals surface area contributed by atoms with Crippen LogP contribution in [0.15, 0.2) is 18.2 Å². The van der Waals surface area contributed by atoms with E-state index in [1.165, 1.54) is 0 Å². The lowest BCUT2D eigenvalue weighted by Gasteiger charge is -2.33. The molecule has 0 spiro atoms. The predicted octanol–water partition coefficient (Wildman–Crippen LogP) is 2.78. The van der Waals surface area contributed by atoms with E-state index in [1.807, 2.05) is 18.7 Å².